The molecule has 4 rings (SSSR count). The Bertz CT molecular complexity index is 1250. The molecule has 0 aliphatic carbocycles. The molecule has 0 radical (unpaired) electrons. The van der Waals surface area contributed by atoms with Crippen LogP contribution in [0.2, 0.25) is 0 Å². The monoisotopic (exact) mass is 714 g/mol. The number of para-hydroxylation sites is 1. The second kappa shape index (κ2) is 29.3. The molecule has 3 aromatic rings. The standard InChI is InChI=1S/C24H40N2O.C23H37N2/c1-3-4-5-6-7-8-9-10-11-12-13-14-19-25-20-21-26(22-25)23-15-17-24(27-2)18-16-23;1-2-3-4-5-6-7-8-9-10-11-12-16-19-24-20-21-25(22-24)23-17-14-13-15-18-23/h15-18,20-21H,3-14,19,22H2,1-2H3;13-15,17-18,20-22H,2-12,16,19H2,1H3/q;+1. The van der Waals surface area contributed by atoms with Crippen molar-refractivity contribution in [2.45, 2.75) is 174 Å². The molecule has 52 heavy (non-hydrogen) atoms. The predicted octanol–water partition coefficient (Wildman–Crippen LogP) is 13.4. The Morgan fingerprint density at radius 1 is 0.538 bits per heavy atom. The molecular formula is C47H77N4O+. The van der Waals surface area contributed by atoms with E-state index >= 15 is 0 Å². The molecular weight excluding hydrogens is 637 g/mol. The minimum Gasteiger partial charge on any atom is -0.497 e. The van der Waals surface area contributed by atoms with Gasteiger partial charge in [-0.25, -0.2) is 9.13 Å². The molecule has 1 aromatic heterocycles. The fourth-order valence-corrected chi connectivity index (χ4v) is 7.12. The minimum atomic E-state index is 0.912. The highest BCUT2D eigenvalue weighted by molar-refractivity contribution is 5.52. The Kier molecular flexibility index (Phi) is 24.3. The zero-order chi connectivity index (χ0) is 36.7. The van der Waals surface area contributed by atoms with Gasteiger partial charge < -0.3 is 14.5 Å². The first-order valence-corrected chi connectivity index (χ1v) is 21.7. The molecule has 290 valence electrons. The van der Waals surface area contributed by atoms with Gasteiger partial charge in [0.1, 0.15) is 23.8 Å². The maximum atomic E-state index is 5.23. The summed E-state index contributed by atoms with van der Waals surface area (Å²) in [6, 6.07) is 18.8. The van der Waals surface area contributed by atoms with Crippen molar-refractivity contribution in [3.05, 3.63) is 85.7 Å². The fourth-order valence-electron chi connectivity index (χ4n) is 7.12. The fraction of sp³-hybridized carbons (Fsp3) is 0.638. The van der Waals surface area contributed by atoms with E-state index in [1.807, 2.05) is 12.1 Å². The highest BCUT2D eigenvalue weighted by Gasteiger charge is 2.13. The molecule has 0 saturated heterocycles. The molecule has 5 nitrogen and oxygen atoms in total. The molecule has 0 bridgehead atoms. The average molecular weight is 714 g/mol. The zero-order valence-electron chi connectivity index (χ0n) is 33.9. The van der Waals surface area contributed by atoms with E-state index in [4.69, 9.17) is 4.74 Å². The Labute approximate surface area is 320 Å². The summed E-state index contributed by atoms with van der Waals surface area (Å²) in [6.07, 6.45) is 44.8. The van der Waals surface area contributed by atoms with E-state index in [1.165, 1.54) is 172 Å². The number of aryl methyl sites for hydroxylation is 1. The van der Waals surface area contributed by atoms with Crippen molar-refractivity contribution in [3.8, 4) is 11.4 Å². The van der Waals surface area contributed by atoms with Gasteiger partial charge >= 0.3 is 0 Å². The van der Waals surface area contributed by atoms with E-state index in [2.05, 4.69) is 106 Å². The summed E-state index contributed by atoms with van der Waals surface area (Å²) in [4.78, 5) is 4.71. The highest BCUT2D eigenvalue weighted by atomic mass is 16.5. The summed E-state index contributed by atoms with van der Waals surface area (Å²) in [5.74, 6) is 0.912. The minimum absolute atomic E-state index is 0.912. The van der Waals surface area contributed by atoms with E-state index in [1.54, 1.807) is 7.11 Å². The van der Waals surface area contributed by atoms with Crippen LogP contribution in [-0.4, -0.2) is 29.8 Å². The summed E-state index contributed by atoms with van der Waals surface area (Å²) < 4.78 is 9.74. The number of hydrogen-bond acceptors (Lipinski definition) is 3. The van der Waals surface area contributed by atoms with Gasteiger partial charge in [0.05, 0.1) is 20.3 Å². The lowest BCUT2D eigenvalue weighted by molar-refractivity contribution is -0.696. The molecule has 1 aliphatic rings. The van der Waals surface area contributed by atoms with Crippen molar-refractivity contribution < 1.29 is 9.30 Å². The van der Waals surface area contributed by atoms with Crippen LogP contribution in [0.3, 0.4) is 0 Å². The zero-order valence-corrected chi connectivity index (χ0v) is 33.9. The highest BCUT2D eigenvalue weighted by Crippen LogP contribution is 2.23. The van der Waals surface area contributed by atoms with Gasteiger partial charge in [0.15, 0.2) is 0 Å². The van der Waals surface area contributed by atoms with Crippen LogP contribution in [-0.2, 0) is 6.54 Å². The van der Waals surface area contributed by atoms with Crippen molar-refractivity contribution in [3.63, 3.8) is 0 Å². The third-order valence-electron chi connectivity index (χ3n) is 10.5. The van der Waals surface area contributed by atoms with Crippen LogP contribution >= 0.6 is 0 Å². The van der Waals surface area contributed by atoms with Crippen molar-refractivity contribution >= 4 is 5.69 Å². The topological polar surface area (TPSA) is 24.5 Å². The third kappa shape index (κ3) is 19.6. The first kappa shape index (κ1) is 43.2. The van der Waals surface area contributed by atoms with Crippen molar-refractivity contribution in [1.82, 2.24) is 9.47 Å². The SMILES string of the molecule is CCCCCCCCCCCCCCN1C=CN(c2ccc(OC)cc2)C1.CCCCCCCCCCCCCC[n+]1ccn(-c2ccccc2)c1. The van der Waals surface area contributed by atoms with E-state index in [0.29, 0.717) is 0 Å². The Morgan fingerprint density at radius 2 is 1.04 bits per heavy atom. The van der Waals surface area contributed by atoms with Gasteiger partial charge in [0.25, 0.3) is 0 Å². The van der Waals surface area contributed by atoms with E-state index < -0.39 is 0 Å². The number of unbranched alkanes of at least 4 members (excludes halogenated alkanes) is 22. The number of rotatable bonds is 29. The van der Waals surface area contributed by atoms with Crippen LogP contribution < -0.4 is 14.2 Å². The van der Waals surface area contributed by atoms with Gasteiger partial charge in [0, 0.05) is 24.6 Å². The number of imidazole rings is 1. The molecule has 1 aliphatic heterocycles. The van der Waals surface area contributed by atoms with Crippen LogP contribution in [0.1, 0.15) is 168 Å². The van der Waals surface area contributed by atoms with Gasteiger partial charge in [0.2, 0.25) is 6.33 Å². The van der Waals surface area contributed by atoms with E-state index in [0.717, 1.165) is 19.0 Å². The van der Waals surface area contributed by atoms with Gasteiger partial charge in [-0.15, -0.1) is 0 Å². The molecule has 0 fully saturated rings. The molecule has 0 spiro atoms. The Morgan fingerprint density at radius 3 is 1.56 bits per heavy atom. The smallest absolute Gasteiger partial charge is 0.248 e. The van der Waals surface area contributed by atoms with Gasteiger partial charge in [-0.3, -0.25) is 0 Å². The molecule has 0 amide bonds. The summed E-state index contributed by atoms with van der Waals surface area (Å²) in [5.41, 5.74) is 2.46. The molecule has 2 heterocycles. The van der Waals surface area contributed by atoms with E-state index in [9.17, 15) is 0 Å². The lowest BCUT2D eigenvalue weighted by Crippen LogP contribution is -2.30. The Balaban J connectivity index is 0.000000281. The van der Waals surface area contributed by atoms with Crippen LogP contribution in [0.25, 0.3) is 5.69 Å². The van der Waals surface area contributed by atoms with Crippen molar-refractivity contribution in [2.24, 2.45) is 0 Å². The molecule has 0 atom stereocenters. The number of hydrogen-bond donors (Lipinski definition) is 0. The summed E-state index contributed by atoms with van der Waals surface area (Å²) in [7, 11) is 1.71. The van der Waals surface area contributed by atoms with Crippen molar-refractivity contribution in [2.75, 3.05) is 25.2 Å². The second-order valence-electron chi connectivity index (χ2n) is 15.1. The second-order valence-corrected chi connectivity index (χ2v) is 15.1. The van der Waals surface area contributed by atoms with Crippen LogP contribution in [0.5, 0.6) is 5.75 Å². The van der Waals surface area contributed by atoms with Gasteiger partial charge in [-0.2, -0.15) is 0 Å². The summed E-state index contributed by atoms with van der Waals surface area (Å²) in [5, 5.41) is 0. The van der Waals surface area contributed by atoms with E-state index in [-0.39, 0.29) is 0 Å². The lowest BCUT2D eigenvalue weighted by Gasteiger charge is -2.21. The number of methoxy groups -OCH3 is 1. The van der Waals surface area contributed by atoms with Crippen LogP contribution in [0, 0.1) is 0 Å². The number of benzene rings is 2. The number of aromatic nitrogens is 2. The number of nitrogens with zero attached hydrogens (tertiary/aromatic N) is 4. The number of ether oxygens (including phenoxy) is 1. The van der Waals surface area contributed by atoms with Crippen molar-refractivity contribution in [1.29, 1.82) is 0 Å². The Hall–Kier alpha value is -3.21. The van der Waals surface area contributed by atoms with Gasteiger partial charge in [-0.05, 0) is 55.7 Å². The molecule has 0 saturated carbocycles. The van der Waals surface area contributed by atoms with Crippen LogP contribution in [0.15, 0.2) is 85.7 Å². The molecule has 2 aromatic carbocycles. The maximum absolute atomic E-state index is 5.23. The predicted molar refractivity (Wildman–Crippen MR) is 224 cm³/mol. The number of anilines is 1. The third-order valence-corrected chi connectivity index (χ3v) is 10.5. The first-order chi connectivity index (χ1) is 25.7. The quantitative estimate of drug-likeness (QED) is 0.0529. The average Bonchev–Trinajstić information content (AvgIpc) is 3.87. The normalized spacial score (nSPS) is 12.4. The molecule has 5 heteroatoms. The summed E-state index contributed by atoms with van der Waals surface area (Å²) in [6.45, 7) is 7.84. The summed E-state index contributed by atoms with van der Waals surface area (Å²) >= 11 is 0. The lowest BCUT2D eigenvalue weighted by atomic mass is 10.1. The maximum Gasteiger partial charge on any atom is 0.248 e. The largest absolute Gasteiger partial charge is 0.497 e. The van der Waals surface area contributed by atoms with Gasteiger partial charge in [-0.1, -0.05) is 167 Å². The van der Waals surface area contributed by atoms with Crippen LogP contribution in [0.4, 0.5) is 5.69 Å². The molecule has 0 unspecified atom stereocenters. The molecule has 0 N–H and O–H groups in total. The first-order valence-electron chi connectivity index (χ1n) is 21.7.